The number of hydrogen-bond acceptors (Lipinski definition) is 11. The molecule has 2 aromatic heterocycles. The molecule has 2 saturated heterocycles. The number of esters is 1. The number of rotatable bonds is 12. The number of aromatic nitrogens is 2. The maximum absolute atomic E-state index is 15.0. The zero-order chi connectivity index (χ0) is 51.3. The molecule has 1 N–H and O–H groups in total. The summed E-state index contributed by atoms with van der Waals surface area (Å²) in [6, 6.07) is 16.3. The third kappa shape index (κ3) is 11.9. The van der Waals surface area contributed by atoms with E-state index in [4.69, 9.17) is 14.5 Å². The first-order chi connectivity index (χ1) is 33.8. The lowest BCUT2D eigenvalue weighted by Gasteiger charge is -2.40. The first kappa shape index (κ1) is 52.9. The number of amides is 3. The van der Waals surface area contributed by atoms with Crippen LogP contribution in [0.1, 0.15) is 83.7 Å². The number of ether oxygens (including phenoxy) is 2. The average molecular weight is 971 g/mol. The molecule has 4 aromatic rings. The number of nitrogens with zero attached hydrogens (tertiary/aromatic N) is 7. The number of fused-ring (bicyclic) bond motifs is 6. The number of benzene rings is 2. The lowest BCUT2D eigenvalue weighted by Crippen LogP contribution is -2.62. The lowest BCUT2D eigenvalue weighted by molar-refractivity contribution is -0.158. The number of hydrazine groups is 1. The maximum atomic E-state index is 15.0. The minimum Gasteiger partial charge on any atom is -0.464 e. The van der Waals surface area contributed by atoms with Crippen molar-refractivity contribution in [2.45, 2.75) is 104 Å². The summed E-state index contributed by atoms with van der Waals surface area (Å²) < 4.78 is 14.3. The highest BCUT2D eigenvalue weighted by Gasteiger charge is 2.41. The normalized spacial score (nSPS) is 20.4. The molecule has 380 valence electrons. The standard InChI is InChI=1S/C56H74N8O7/c1-12-63-46-23-22-40-31-43(46)44(52(63)42-19-14-25-57-50(42)37(4)70-11)32-56(5,6)35-71-55(69)45-20-15-27-64(58-45)53(67)47(30-38-17-13-18-39(40)29-38)61(10)54(68)51(36(2)3)60(9)34-48(65)41-24-28-62(33-41)49(66)21-16-26-59(7)8/h13-14,17-19,22-23,25,29,31,36-37,41,45,47,51,58H,12,15,20,24,26-28,30,32-35H2,1-11H3/t37-,41-,45-,47?,51-/m0/s1. The molecule has 7 rings (SSSR count). The fourth-order valence-electron chi connectivity index (χ4n) is 10.5. The largest absolute Gasteiger partial charge is 0.464 e. The molecule has 15 nitrogen and oxygen atoms in total. The van der Waals surface area contributed by atoms with Crippen LogP contribution in [0.5, 0.6) is 0 Å². The number of hydrogen-bond donors (Lipinski definition) is 1. The number of carbonyl (C=O) groups excluding carboxylic acids is 5. The molecule has 2 fully saturated rings. The summed E-state index contributed by atoms with van der Waals surface area (Å²) in [7, 11) is 8.89. The van der Waals surface area contributed by atoms with Crippen LogP contribution in [-0.4, -0.2) is 156 Å². The van der Waals surface area contributed by atoms with E-state index in [1.165, 1.54) is 9.91 Å². The minimum atomic E-state index is -0.968. The minimum absolute atomic E-state index is 0.00123. The van der Waals surface area contributed by atoms with Gasteiger partial charge in [0, 0.05) is 80.8 Å². The molecule has 0 radical (unpaired) electrons. The molecule has 0 saturated carbocycles. The van der Waals surface area contributed by atoms with Crippen LogP contribution < -0.4 is 5.43 Å². The number of aryl methyl sites for hydroxylation is 1. The van der Waals surface area contributed by atoms with E-state index in [-0.39, 0.29) is 67.6 Å². The van der Waals surface area contributed by atoms with Gasteiger partial charge < -0.3 is 23.8 Å². The predicted octanol–water partition coefficient (Wildman–Crippen LogP) is 6.03. The number of cyclic esters (lactones) is 1. The molecule has 0 aliphatic carbocycles. The van der Waals surface area contributed by atoms with Gasteiger partial charge in [0.15, 0.2) is 5.78 Å². The summed E-state index contributed by atoms with van der Waals surface area (Å²) in [6.45, 7) is 14.6. The van der Waals surface area contributed by atoms with E-state index in [2.05, 4.69) is 79.0 Å². The van der Waals surface area contributed by atoms with Crippen molar-refractivity contribution in [1.82, 2.24) is 39.6 Å². The van der Waals surface area contributed by atoms with Gasteiger partial charge in [0.05, 0.1) is 43.2 Å². The van der Waals surface area contributed by atoms with E-state index in [0.29, 0.717) is 51.9 Å². The van der Waals surface area contributed by atoms with Gasteiger partial charge in [0.2, 0.25) is 5.91 Å². The molecule has 3 aliphatic heterocycles. The summed E-state index contributed by atoms with van der Waals surface area (Å²) in [5.41, 5.74) is 10.6. The molecular weight excluding hydrogens is 897 g/mol. The van der Waals surface area contributed by atoms with Crippen molar-refractivity contribution in [2.75, 3.05) is 74.6 Å². The van der Waals surface area contributed by atoms with Crippen molar-refractivity contribution in [3.8, 4) is 34.2 Å². The summed E-state index contributed by atoms with van der Waals surface area (Å²) in [4.78, 5) is 82.3. The average Bonchev–Trinajstić information content (AvgIpc) is 3.97. The molecule has 71 heavy (non-hydrogen) atoms. The number of carbonyl (C=O) groups is 5. The molecule has 5 heterocycles. The van der Waals surface area contributed by atoms with E-state index in [1.807, 2.05) is 58.0 Å². The molecule has 6 bridgehead atoms. The molecule has 3 amide bonds. The van der Waals surface area contributed by atoms with Crippen LogP contribution in [0, 0.1) is 29.1 Å². The van der Waals surface area contributed by atoms with Crippen molar-refractivity contribution in [3.63, 3.8) is 0 Å². The molecule has 0 spiro atoms. The molecule has 3 aliphatic rings. The molecular formula is C56H74N8O7. The Morgan fingerprint density at radius 1 is 0.986 bits per heavy atom. The number of likely N-dealkylation sites (N-methyl/N-ethyl adjacent to an activating group) is 2. The van der Waals surface area contributed by atoms with E-state index < -0.39 is 29.5 Å². The lowest BCUT2D eigenvalue weighted by atomic mass is 9.84. The Bertz CT molecular complexity index is 2680. The van der Waals surface area contributed by atoms with E-state index in [0.717, 1.165) is 50.1 Å². The van der Waals surface area contributed by atoms with E-state index in [1.54, 1.807) is 37.2 Å². The number of Topliss-reactive ketones (excluding diaryl/α,β-unsaturated/α-hetero) is 1. The fraction of sp³-hybridized carbons (Fsp3) is 0.536. The monoisotopic (exact) mass is 971 g/mol. The van der Waals surface area contributed by atoms with Gasteiger partial charge in [-0.25, -0.2) is 5.43 Å². The highest BCUT2D eigenvalue weighted by molar-refractivity contribution is 5.96. The zero-order valence-corrected chi connectivity index (χ0v) is 43.7. The van der Waals surface area contributed by atoms with Gasteiger partial charge >= 0.3 is 5.97 Å². The van der Waals surface area contributed by atoms with Crippen molar-refractivity contribution < 1.29 is 33.4 Å². The highest BCUT2D eigenvalue weighted by Crippen LogP contribution is 2.42. The summed E-state index contributed by atoms with van der Waals surface area (Å²) >= 11 is 0. The number of nitrogens with one attached hydrogen (secondary N) is 1. The van der Waals surface area contributed by atoms with Crippen LogP contribution in [0.25, 0.3) is 33.3 Å². The third-order valence-electron chi connectivity index (χ3n) is 14.4. The maximum Gasteiger partial charge on any atom is 0.324 e. The van der Waals surface area contributed by atoms with E-state index >= 15 is 0 Å². The van der Waals surface area contributed by atoms with Crippen molar-refractivity contribution in [1.29, 1.82) is 0 Å². The first-order valence-corrected chi connectivity index (χ1v) is 25.2. The molecule has 5 atom stereocenters. The Labute approximate surface area is 420 Å². The van der Waals surface area contributed by atoms with Crippen LogP contribution in [0.3, 0.4) is 0 Å². The summed E-state index contributed by atoms with van der Waals surface area (Å²) in [5.74, 6) is 3.56. The van der Waals surface area contributed by atoms with Crippen LogP contribution in [0.2, 0.25) is 0 Å². The Kier molecular flexibility index (Phi) is 16.9. The number of ketones is 1. The van der Waals surface area contributed by atoms with Gasteiger partial charge in [0.25, 0.3) is 11.8 Å². The van der Waals surface area contributed by atoms with Gasteiger partial charge in [-0.05, 0) is 119 Å². The molecule has 1 unspecified atom stereocenters. The second kappa shape index (κ2) is 22.7. The Balaban J connectivity index is 1.24. The number of likely N-dealkylation sites (tertiary alicyclic amines) is 1. The van der Waals surface area contributed by atoms with Gasteiger partial charge in [-0.2, -0.15) is 0 Å². The van der Waals surface area contributed by atoms with Crippen LogP contribution in [0.15, 0.2) is 60.8 Å². The van der Waals surface area contributed by atoms with Crippen LogP contribution >= 0.6 is 0 Å². The number of pyridine rings is 1. The topological polar surface area (TPSA) is 150 Å². The smallest absolute Gasteiger partial charge is 0.324 e. The molecule has 15 heteroatoms. The van der Waals surface area contributed by atoms with Crippen LogP contribution in [0.4, 0.5) is 0 Å². The van der Waals surface area contributed by atoms with Gasteiger partial charge in [-0.1, -0.05) is 63.9 Å². The SMILES string of the molecule is CCn1c(-c2cccnc2[C@H](C)OC)c2c3cc(ccc31)-c1cccc(c1)CC(N(C)C(=O)[C@H](C(C)C)N(C)CC(=O)[C@H]1CCN(C(=O)C#CCN(C)C)C1)C(=O)N1CCC[C@H](N1)C(=O)OCC(C)(C)C2. The van der Waals surface area contributed by atoms with Gasteiger partial charge in [-0.3, -0.25) is 43.8 Å². The van der Waals surface area contributed by atoms with Gasteiger partial charge in [-0.15, -0.1) is 0 Å². The second-order valence-corrected chi connectivity index (χ2v) is 21.1. The fourth-order valence-corrected chi connectivity index (χ4v) is 10.5. The highest BCUT2D eigenvalue weighted by atomic mass is 16.5. The van der Waals surface area contributed by atoms with Crippen molar-refractivity contribution in [2.24, 2.45) is 17.3 Å². The van der Waals surface area contributed by atoms with E-state index in [9.17, 15) is 24.0 Å². The molecule has 2 aromatic carbocycles. The van der Waals surface area contributed by atoms with Crippen molar-refractivity contribution in [3.05, 3.63) is 77.6 Å². The first-order valence-electron chi connectivity index (χ1n) is 25.2. The Hall–Kier alpha value is -5.92. The second-order valence-electron chi connectivity index (χ2n) is 21.1. The zero-order valence-electron chi connectivity index (χ0n) is 43.7. The summed E-state index contributed by atoms with van der Waals surface area (Å²) in [6.07, 6.45) is 3.90. The van der Waals surface area contributed by atoms with Crippen LogP contribution in [-0.2, 0) is 52.8 Å². The third-order valence-corrected chi connectivity index (χ3v) is 14.4. The Morgan fingerprint density at radius 2 is 1.75 bits per heavy atom. The summed E-state index contributed by atoms with van der Waals surface area (Å²) in [5, 5.41) is 2.57. The quantitative estimate of drug-likeness (QED) is 0.131. The van der Waals surface area contributed by atoms with Crippen molar-refractivity contribution >= 4 is 40.4 Å². The number of methoxy groups -OCH3 is 1. The van der Waals surface area contributed by atoms with Gasteiger partial charge in [0.1, 0.15) is 12.1 Å². The predicted molar refractivity (Wildman–Crippen MR) is 276 cm³/mol. The Morgan fingerprint density at radius 3 is 2.46 bits per heavy atom.